The summed E-state index contributed by atoms with van der Waals surface area (Å²) >= 11 is 3.70. The van der Waals surface area contributed by atoms with Crippen molar-refractivity contribution in [2.45, 2.75) is 6.18 Å². The van der Waals surface area contributed by atoms with Gasteiger partial charge in [-0.1, -0.05) is 146 Å². The molecule has 0 aliphatic carbocycles. The van der Waals surface area contributed by atoms with E-state index in [1.807, 2.05) is 89.8 Å². The van der Waals surface area contributed by atoms with Crippen LogP contribution in [0.25, 0.3) is 84.1 Å². The second-order valence-electron chi connectivity index (χ2n) is 17.2. The van der Waals surface area contributed by atoms with Crippen LogP contribution in [0, 0.1) is 5.41 Å². The van der Waals surface area contributed by atoms with E-state index in [-0.39, 0.29) is 48.9 Å². The molecule has 0 aliphatic heterocycles. The predicted octanol–water partition coefficient (Wildman–Crippen LogP) is 15.7. The Bertz CT molecular complexity index is 3700. The molecule has 0 saturated carbocycles. The van der Waals surface area contributed by atoms with Crippen molar-refractivity contribution in [2.24, 2.45) is 0 Å². The molecule has 14 nitrogen and oxygen atoms in total. The Balaban J connectivity index is 0.000000269. The fraction of sp³-hybridized carbons (Fsp3) is 0.0156. The maximum atomic E-state index is 13.1. The third kappa shape index (κ3) is 16.1. The number of hydrogen-bond acceptors (Lipinski definition) is 13. The number of nitrogens with one attached hydrogen (secondary N) is 2. The van der Waals surface area contributed by atoms with Gasteiger partial charge >= 0.3 is 25.7 Å². The fourth-order valence-corrected chi connectivity index (χ4v) is 8.28. The number of anilines is 3. The van der Waals surface area contributed by atoms with Gasteiger partial charge in [0.2, 0.25) is 0 Å². The molecule has 0 unspecified atom stereocenters. The van der Waals surface area contributed by atoms with Crippen LogP contribution < -0.4 is 19.1 Å². The number of nitrogens with zero attached hydrogens (tertiary/aromatic N) is 6. The largest absolute Gasteiger partial charge is 2.00 e. The molecular formula is C64H43F3N8O6RuS. The Hall–Kier alpha value is -10.4. The minimum absolute atomic E-state index is 0. The molecule has 410 valence electrons. The number of allylic oxidation sites excluding steroid dienone is 1. The van der Waals surface area contributed by atoms with Gasteiger partial charge in [0.05, 0.1) is 22.8 Å². The summed E-state index contributed by atoms with van der Waals surface area (Å²) in [5.41, 5.74) is 18.6. The van der Waals surface area contributed by atoms with Crippen LogP contribution in [0.1, 0.15) is 5.69 Å². The van der Waals surface area contributed by atoms with E-state index < -0.39 is 17.6 Å². The molecule has 0 bridgehead atoms. The SMILES string of the molecule is N=C(/C=C(\[NH-])c1cc(N(c2ccc(-c3ccc(-c4ccccc4)cc3)cc2)c2ccc(-c3ccc(-c4ccccc4)cc3)cc2)ccn1)C(F)(F)F.O=COc1ccnc(-c2cc(OC=O)cc(-c3cc(OC=O)ccn3)n2)c1.[N-]=C=S.[Ru+2]. The Morgan fingerprint density at radius 2 is 0.831 bits per heavy atom. The molecule has 0 radical (unpaired) electrons. The van der Waals surface area contributed by atoms with E-state index in [2.05, 4.69) is 105 Å². The van der Waals surface area contributed by atoms with E-state index in [0.29, 0.717) is 47.5 Å². The predicted molar refractivity (Wildman–Crippen MR) is 313 cm³/mol. The summed E-state index contributed by atoms with van der Waals surface area (Å²) < 4.78 is 53.8. The minimum Gasteiger partial charge on any atom is -0.753 e. The molecule has 2 N–H and O–H groups in total. The molecule has 4 heterocycles. The van der Waals surface area contributed by atoms with Crippen molar-refractivity contribution in [3.8, 4) is 84.5 Å². The fourth-order valence-electron chi connectivity index (χ4n) is 8.28. The summed E-state index contributed by atoms with van der Waals surface area (Å²) in [5, 5.41) is 15.8. The molecule has 0 saturated heterocycles. The molecule has 0 amide bonds. The van der Waals surface area contributed by atoms with Gasteiger partial charge in [0.1, 0.15) is 23.0 Å². The van der Waals surface area contributed by atoms with E-state index >= 15 is 0 Å². The van der Waals surface area contributed by atoms with Crippen molar-refractivity contribution < 1.29 is 61.2 Å². The van der Waals surface area contributed by atoms with Crippen molar-refractivity contribution in [1.82, 2.24) is 19.9 Å². The number of isothiocyanates is 1. The number of halogens is 3. The van der Waals surface area contributed by atoms with Gasteiger partial charge in [-0.2, -0.15) is 18.3 Å². The van der Waals surface area contributed by atoms with E-state index in [4.69, 9.17) is 30.8 Å². The van der Waals surface area contributed by atoms with E-state index in [0.717, 1.165) is 55.9 Å². The Labute approximate surface area is 492 Å². The molecule has 0 atom stereocenters. The smallest absolute Gasteiger partial charge is 0.753 e. The second kappa shape index (κ2) is 29.1. The monoisotopic (exact) mass is 1210 g/mol. The molecule has 4 aromatic heterocycles. The van der Waals surface area contributed by atoms with Crippen LogP contribution in [0.3, 0.4) is 0 Å². The summed E-state index contributed by atoms with van der Waals surface area (Å²) in [4.78, 5) is 50.7. The zero-order chi connectivity index (χ0) is 57.8. The molecule has 0 aliphatic rings. The molecule has 83 heavy (non-hydrogen) atoms. The number of thiocarbonyl (C=S) groups is 1. The van der Waals surface area contributed by atoms with Crippen LogP contribution in [0.2, 0.25) is 0 Å². The van der Waals surface area contributed by atoms with Crippen LogP contribution in [0.5, 0.6) is 17.2 Å². The normalized spacial score (nSPS) is 10.6. The number of hydrogen-bond donors (Lipinski definition) is 1. The average Bonchev–Trinajstić information content (AvgIpc) is 3.60. The van der Waals surface area contributed by atoms with E-state index in [1.165, 1.54) is 60.1 Å². The number of rotatable bonds is 17. The van der Waals surface area contributed by atoms with Crippen LogP contribution >= 0.6 is 12.2 Å². The number of carbonyl (C=O) groups excluding carboxylic acids is 3. The number of alkyl halides is 3. The van der Waals surface area contributed by atoms with Crippen LogP contribution in [0.15, 0.2) is 231 Å². The van der Waals surface area contributed by atoms with Gasteiger partial charge in [-0.05, 0) is 99.1 Å². The van der Waals surface area contributed by atoms with Crippen LogP contribution in [-0.2, 0) is 33.9 Å². The molecule has 19 heteroatoms. The zero-order valence-electron chi connectivity index (χ0n) is 43.2. The average molecular weight is 1210 g/mol. The summed E-state index contributed by atoms with van der Waals surface area (Å²) in [6.45, 7) is 0.875. The van der Waals surface area contributed by atoms with Gasteiger partial charge < -0.3 is 30.3 Å². The van der Waals surface area contributed by atoms with Crippen molar-refractivity contribution in [2.75, 3.05) is 4.90 Å². The van der Waals surface area contributed by atoms with Gasteiger partial charge in [-0.25, -0.2) is 4.98 Å². The Kier molecular flexibility index (Phi) is 21.1. The number of pyridine rings is 4. The topological polar surface area (TPSA) is 204 Å². The summed E-state index contributed by atoms with van der Waals surface area (Å²) in [6.07, 6.45) is -0.0307. The standard InChI is InChI=1S/C45H32F3N4.C18H11N3O6.CNS.Ru/c46-45(47,48)44(50)30-42(49)43-29-41(27-28-51-43)52(39-23-19-37(20-24-39)35-15-11-33(12-16-35)31-7-3-1-4-8-31)40-25-21-38(22-26-40)36-17-13-34(14-18-36)32-9-5-2-6-10-32;22-9-25-12-1-3-19-15(5-12)17-7-14(27-11-24)8-18(21-17)16-6-13(26-10-23)2-4-20-16;2-1-3;/h1-30,49-50H;1-11H;;/q-1;;-1;+2/b42-30-,50-44?;;;. The molecule has 10 rings (SSSR count). The zero-order valence-corrected chi connectivity index (χ0v) is 45.8. The first-order valence-electron chi connectivity index (χ1n) is 24.5. The molecule has 10 aromatic rings. The third-order valence-electron chi connectivity index (χ3n) is 12.1. The van der Waals surface area contributed by atoms with Gasteiger partial charge in [0.25, 0.3) is 19.4 Å². The quantitative estimate of drug-likeness (QED) is 0.0391. The van der Waals surface area contributed by atoms with Crippen molar-refractivity contribution in [3.05, 3.63) is 248 Å². The molecule has 6 aromatic carbocycles. The molecular weight excluding hydrogens is 1170 g/mol. The van der Waals surface area contributed by atoms with E-state index in [1.54, 1.807) is 12.1 Å². The first-order valence-corrected chi connectivity index (χ1v) is 24.9. The maximum Gasteiger partial charge on any atom is 2.00 e. The van der Waals surface area contributed by atoms with Crippen LogP contribution in [0.4, 0.5) is 30.2 Å². The summed E-state index contributed by atoms with van der Waals surface area (Å²) in [7, 11) is 0. The van der Waals surface area contributed by atoms with Crippen molar-refractivity contribution >= 4 is 65.3 Å². The number of aromatic nitrogens is 4. The van der Waals surface area contributed by atoms with Crippen LogP contribution in [-0.4, -0.2) is 56.4 Å². The van der Waals surface area contributed by atoms with E-state index in [9.17, 15) is 27.6 Å². The van der Waals surface area contributed by atoms with Gasteiger partial charge in [0.15, 0.2) is 0 Å². The van der Waals surface area contributed by atoms with Gasteiger partial charge in [-0.3, -0.25) is 34.7 Å². The van der Waals surface area contributed by atoms with Gasteiger partial charge in [0, 0.05) is 65.6 Å². The first-order chi connectivity index (χ1) is 39.9. The Morgan fingerprint density at radius 3 is 1.20 bits per heavy atom. The molecule has 0 fully saturated rings. The number of ether oxygens (including phenoxy) is 3. The van der Waals surface area contributed by atoms with Crippen molar-refractivity contribution in [3.63, 3.8) is 0 Å². The second-order valence-corrected chi connectivity index (χ2v) is 17.4. The first kappa shape index (κ1) is 60.2. The summed E-state index contributed by atoms with van der Waals surface area (Å²) in [5.74, 6) is 0.760. The molecule has 0 spiro atoms. The summed E-state index contributed by atoms with van der Waals surface area (Å²) in [6, 6.07) is 65.6. The maximum absolute atomic E-state index is 13.1. The van der Waals surface area contributed by atoms with Gasteiger partial charge in [-0.15, -0.1) is 5.70 Å². The number of benzene rings is 6. The van der Waals surface area contributed by atoms with Crippen molar-refractivity contribution in [1.29, 1.82) is 5.41 Å². The Morgan fingerprint density at radius 1 is 0.494 bits per heavy atom. The number of carbonyl (C=O) groups is 3. The minimum atomic E-state index is -4.86. The third-order valence-corrected chi connectivity index (χ3v) is 12.1.